The van der Waals surface area contributed by atoms with Crippen LogP contribution < -0.4 is 15.4 Å². The van der Waals surface area contributed by atoms with Crippen molar-refractivity contribution in [2.24, 2.45) is 0 Å². The Labute approximate surface area is 140 Å². The Balaban J connectivity index is 1.90. The topological polar surface area (TPSA) is 85.3 Å². The van der Waals surface area contributed by atoms with Crippen molar-refractivity contribution in [3.8, 4) is 5.75 Å². The third kappa shape index (κ3) is 3.40. The molecule has 0 aliphatic heterocycles. The number of amides is 2. The lowest BCUT2D eigenvalue weighted by Gasteiger charge is -2.10. The second-order valence-corrected chi connectivity index (χ2v) is 5.71. The average molecular weight is 328 g/mol. The summed E-state index contributed by atoms with van der Waals surface area (Å²) in [7, 11) is 3.14. The maximum absolute atomic E-state index is 12.2. The molecule has 0 radical (unpaired) electrons. The molecule has 24 heavy (non-hydrogen) atoms. The van der Waals surface area contributed by atoms with Crippen molar-refractivity contribution in [1.82, 2.24) is 20.4 Å². The third-order valence-corrected chi connectivity index (χ3v) is 3.90. The summed E-state index contributed by atoms with van der Waals surface area (Å²) in [5, 5.41) is 9.78. The monoisotopic (exact) mass is 328 g/mol. The van der Waals surface area contributed by atoms with Gasteiger partial charge >= 0.3 is 0 Å². The van der Waals surface area contributed by atoms with Gasteiger partial charge in [-0.15, -0.1) is 0 Å². The molecule has 2 aromatic rings. The van der Waals surface area contributed by atoms with Gasteiger partial charge in [-0.25, -0.2) is 0 Å². The molecule has 2 amide bonds. The maximum Gasteiger partial charge on any atom is 0.272 e. The minimum absolute atomic E-state index is 0.236. The first-order chi connectivity index (χ1) is 11.6. The molecule has 1 heterocycles. The van der Waals surface area contributed by atoms with Crippen LogP contribution in [0, 0.1) is 0 Å². The van der Waals surface area contributed by atoms with Crippen molar-refractivity contribution >= 4 is 11.8 Å². The summed E-state index contributed by atoms with van der Waals surface area (Å²) in [6.45, 7) is 0.337. The van der Waals surface area contributed by atoms with Gasteiger partial charge in [0, 0.05) is 24.7 Å². The fourth-order valence-electron chi connectivity index (χ4n) is 2.44. The number of aromatic nitrogens is 2. The van der Waals surface area contributed by atoms with Crippen molar-refractivity contribution in [3.63, 3.8) is 0 Å². The second kappa shape index (κ2) is 6.74. The fourth-order valence-corrected chi connectivity index (χ4v) is 2.44. The van der Waals surface area contributed by atoms with Gasteiger partial charge < -0.3 is 15.4 Å². The second-order valence-electron chi connectivity index (χ2n) is 5.71. The number of hydrogen-bond donors (Lipinski definition) is 2. The first kappa shape index (κ1) is 16.0. The van der Waals surface area contributed by atoms with Gasteiger partial charge in [0.1, 0.15) is 11.4 Å². The van der Waals surface area contributed by atoms with E-state index in [1.165, 1.54) is 10.7 Å². The molecule has 0 unspecified atom stereocenters. The number of carbonyl (C=O) groups excluding carboxylic acids is 2. The largest absolute Gasteiger partial charge is 0.496 e. The molecule has 1 aliphatic rings. The highest BCUT2D eigenvalue weighted by Crippen LogP contribution is 2.21. The van der Waals surface area contributed by atoms with E-state index in [-0.39, 0.29) is 23.6 Å². The van der Waals surface area contributed by atoms with Crippen LogP contribution in [0.5, 0.6) is 5.75 Å². The molecule has 7 heteroatoms. The minimum Gasteiger partial charge on any atom is -0.496 e. The van der Waals surface area contributed by atoms with Gasteiger partial charge in [-0.2, -0.15) is 5.10 Å². The summed E-state index contributed by atoms with van der Waals surface area (Å²) in [5.74, 6) is 0.170. The molecular weight excluding hydrogens is 308 g/mol. The van der Waals surface area contributed by atoms with Crippen LogP contribution in [0.1, 0.15) is 39.4 Å². The van der Waals surface area contributed by atoms with Gasteiger partial charge in [0.25, 0.3) is 11.8 Å². The van der Waals surface area contributed by atoms with Crippen molar-refractivity contribution < 1.29 is 14.3 Å². The highest BCUT2D eigenvalue weighted by molar-refractivity contribution is 5.98. The number of hydrogen-bond acceptors (Lipinski definition) is 4. The molecule has 0 spiro atoms. The summed E-state index contributed by atoms with van der Waals surface area (Å²) in [5.41, 5.74) is 1.46. The normalized spacial score (nSPS) is 13.4. The number of methoxy groups -OCH3 is 1. The van der Waals surface area contributed by atoms with Gasteiger partial charge in [0.2, 0.25) is 0 Å². The molecule has 1 aliphatic carbocycles. The lowest BCUT2D eigenvalue weighted by Crippen LogP contribution is -2.25. The average Bonchev–Trinajstić information content (AvgIpc) is 3.31. The highest BCUT2D eigenvalue weighted by atomic mass is 16.5. The summed E-state index contributed by atoms with van der Waals surface area (Å²) in [4.78, 5) is 24.3. The Morgan fingerprint density at radius 3 is 2.71 bits per heavy atom. The molecule has 126 valence electrons. The predicted molar refractivity (Wildman–Crippen MR) is 88.2 cm³/mol. The van der Waals surface area contributed by atoms with E-state index in [4.69, 9.17) is 4.74 Å². The van der Waals surface area contributed by atoms with Crippen LogP contribution in [0.15, 0.2) is 30.3 Å². The Bertz CT molecular complexity index is 765. The summed E-state index contributed by atoms with van der Waals surface area (Å²) in [6, 6.07) is 9.27. The van der Waals surface area contributed by atoms with Crippen LogP contribution in [0.25, 0.3) is 0 Å². The lowest BCUT2D eigenvalue weighted by molar-refractivity contribution is 0.0940. The zero-order chi connectivity index (χ0) is 17.1. The standard InChI is InChI=1S/C17H20N4O3/c1-18-17(23)14-9-13(16(22)19-12-7-8-12)20-21(14)10-11-5-3-4-6-15(11)24-2/h3-6,9,12H,7-8,10H2,1-2H3,(H,18,23)(H,19,22). The van der Waals surface area contributed by atoms with E-state index in [2.05, 4.69) is 15.7 Å². The maximum atomic E-state index is 12.2. The van der Waals surface area contributed by atoms with Crippen LogP contribution in [0.4, 0.5) is 0 Å². The van der Waals surface area contributed by atoms with E-state index in [1.807, 2.05) is 24.3 Å². The van der Waals surface area contributed by atoms with E-state index in [0.29, 0.717) is 18.0 Å². The fraction of sp³-hybridized carbons (Fsp3) is 0.353. The number of rotatable bonds is 6. The van der Waals surface area contributed by atoms with Crippen LogP contribution in [-0.2, 0) is 6.54 Å². The Kier molecular flexibility index (Phi) is 4.50. The Hall–Kier alpha value is -2.83. The summed E-state index contributed by atoms with van der Waals surface area (Å²) >= 11 is 0. The van der Waals surface area contributed by atoms with Crippen molar-refractivity contribution in [2.75, 3.05) is 14.2 Å². The van der Waals surface area contributed by atoms with E-state index in [0.717, 1.165) is 18.4 Å². The lowest BCUT2D eigenvalue weighted by atomic mass is 10.2. The summed E-state index contributed by atoms with van der Waals surface area (Å²) < 4.78 is 6.86. The van der Waals surface area contributed by atoms with E-state index < -0.39 is 0 Å². The molecule has 1 saturated carbocycles. The Morgan fingerprint density at radius 1 is 1.29 bits per heavy atom. The van der Waals surface area contributed by atoms with Crippen LogP contribution in [-0.4, -0.2) is 41.8 Å². The van der Waals surface area contributed by atoms with Crippen molar-refractivity contribution in [1.29, 1.82) is 0 Å². The minimum atomic E-state index is -0.289. The number of para-hydroxylation sites is 1. The number of nitrogens with one attached hydrogen (secondary N) is 2. The molecule has 2 N–H and O–H groups in total. The van der Waals surface area contributed by atoms with Crippen molar-refractivity contribution in [2.45, 2.75) is 25.4 Å². The molecule has 0 saturated heterocycles. The quantitative estimate of drug-likeness (QED) is 0.834. The number of benzene rings is 1. The highest BCUT2D eigenvalue weighted by Gasteiger charge is 2.26. The number of nitrogens with zero attached hydrogens (tertiary/aromatic N) is 2. The van der Waals surface area contributed by atoms with Gasteiger partial charge in [-0.3, -0.25) is 14.3 Å². The summed E-state index contributed by atoms with van der Waals surface area (Å²) in [6.07, 6.45) is 1.99. The third-order valence-electron chi connectivity index (χ3n) is 3.90. The molecular formula is C17H20N4O3. The molecule has 7 nitrogen and oxygen atoms in total. The molecule has 0 atom stereocenters. The van der Waals surface area contributed by atoms with E-state index in [1.54, 1.807) is 14.2 Å². The zero-order valence-electron chi connectivity index (χ0n) is 13.7. The molecule has 3 rings (SSSR count). The van der Waals surface area contributed by atoms with Crippen LogP contribution >= 0.6 is 0 Å². The zero-order valence-corrected chi connectivity index (χ0v) is 13.7. The van der Waals surface area contributed by atoms with E-state index in [9.17, 15) is 9.59 Å². The van der Waals surface area contributed by atoms with Crippen LogP contribution in [0.3, 0.4) is 0 Å². The first-order valence-electron chi connectivity index (χ1n) is 7.85. The van der Waals surface area contributed by atoms with Gasteiger partial charge in [0.05, 0.1) is 13.7 Å². The van der Waals surface area contributed by atoms with Crippen molar-refractivity contribution in [3.05, 3.63) is 47.3 Å². The molecule has 0 bridgehead atoms. The van der Waals surface area contributed by atoms with Gasteiger partial charge in [0.15, 0.2) is 5.69 Å². The SMILES string of the molecule is CNC(=O)c1cc(C(=O)NC2CC2)nn1Cc1ccccc1OC. The Morgan fingerprint density at radius 2 is 2.04 bits per heavy atom. The van der Waals surface area contributed by atoms with E-state index >= 15 is 0 Å². The number of ether oxygens (including phenoxy) is 1. The smallest absolute Gasteiger partial charge is 0.272 e. The van der Waals surface area contributed by atoms with Gasteiger partial charge in [-0.1, -0.05) is 18.2 Å². The van der Waals surface area contributed by atoms with Gasteiger partial charge in [-0.05, 0) is 18.9 Å². The molecule has 1 fully saturated rings. The van der Waals surface area contributed by atoms with Crippen LogP contribution in [0.2, 0.25) is 0 Å². The molecule has 1 aromatic carbocycles. The predicted octanol–water partition coefficient (Wildman–Crippen LogP) is 1.19. The molecule has 1 aromatic heterocycles. The number of carbonyl (C=O) groups is 2. The first-order valence-corrected chi connectivity index (χ1v) is 7.85.